The molecule has 1 aromatic rings. The number of pyridine rings is 1. The number of aliphatic hydroxyl groups is 1. The van der Waals surface area contributed by atoms with Crippen molar-refractivity contribution in [2.75, 3.05) is 26.2 Å². The van der Waals surface area contributed by atoms with Crippen molar-refractivity contribution in [1.82, 2.24) is 15.6 Å². The summed E-state index contributed by atoms with van der Waals surface area (Å²) in [4.78, 5) is 8.56. The predicted molar refractivity (Wildman–Crippen MR) is 103 cm³/mol. The van der Waals surface area contributed by atoms with Crippen LogP contribution in [0.1, 0.15) is 26.3 Å². The molecule has 1 rings (SSSR count). The minimum absolute atomic E-state index is 0. The Balaban J connectivity index is 0.00000441. The minimum Gasteiger partial charge on any atom is -0.396 e. The molecule has 5 nitrogen and oxygen atoms in total. The van der Waals surface area contributed by atoms with E-state index in [1.54, 1.807) is 12.3 Å². The van der Waals surface area contributed by atoms with Gasteiger partial charge in [0.1, 0.15) is 5.15 Å². The Hall–Kier alpha value is -0.600. The summed E-state index contributed by atoms with van der Waals surface area (Å²) in [5, 5.41) is 16.2. The second-order valence-corrected chi connectivity index (χ2v) is 6.07. The molecule has 0 aliphatic rings. The van der Waals surface area contributed by atoms with Crippen molar-refractivity contribution < 1.29 is 5.11 Å². The van der Waals surface area contributed by atoms with Gasteiger partial charge < -0.3 is 15.7 Å². The molecule has 0 aromatic carbocycles. The van der Waals surface area contributed by atoms with Gasteiger partial charge in [0, 0.05) is 31.3 Å². The Labute approximate surface area is 155 Å². The lowest BCUT2D eigenvalue weighted by Gasteiger charge is -2.20. The summed E-state index contributed by atoms with van der Waals surface area (Å²) in [7, 11) is 0. The van der Waals surface area contributed by atoms with E-state index in [0.29, 0.717) is 11.7 Å². The number of nitrogens with zero attached hydrogens (tertiary/aromatic N) is 2. The molecule has 0 radical (unpaired) electrons. The molecule has 0 aliphatic heterocycles. The summed E-state index contributed by atoms with van der Waals surface area (Å²) in [6.45, 7) is 8.24. The molecule has 0 spiro atoms. The standard InChI is InChI=1S/C15H25ClN4O.HI/c1-4-17-14(20-10-15(2,3)11-21)18-8-7-12-5-6-13(16)19-9-12;/h5-6,9,21H,4,7-8,10-11H2,1-3H3,(H2,17,18,20);1H. The average molecular weight is 441 g/mol. The maximum atomic E-state index is 9.26. The van der Waals surface area contributed by atoms with E-state index in [4.69, 9.17) is 11.6 Å². The zero-order valence-electron chi connectivity index (χ0n) is 13.4. The lowest BCUT2D eigenvalue weighted by atomic mass is 9.95. The van der Waals surface area contributed by atoms with Crippen LogP contribution >= 0.6 is 35.6 Å². The first-order valence-electron chi connectivity index (χ1n) is 7.20. The third-order valence-electron chi connectivity index (χ3n) is 2.93. The van der Waals surface area contributed by atoms with Gasteiger partial charge in [-0.3, -0.25) is 4.99 Å². The largest absolute Gasteiger partial charge is 0.396 e. The molecule has 126 valence electrons. The Morgan fingerprint density at radius 3 is 2.64 bits per heavy atom. The lowest BCUT2D eigenvalue weighted by Crippen LogP contribution is -2.39. The summed E-state index contributed by atoms with van der Waals surface area (Å²) >= 11 is 5.76. The zero-order chi connectivity index (χ0) is 15.7. The highest BCUT2D eigenvalue weighted by molar-refractivity contribution is 14.0. The third-order valence-corrected chi connectivity index (χ3v) is 3.16. The predicted octanol–water partition coefficient (Wildman–Crippen LogP) is 2.47. The van der Waals surface area contributed by atoms with E-state index in [-0.39, 0.29) is 36.0 Å². The second kappa shape index (κ2) is 11.0. The van der Waals surface area contributed by atoms with Gasteiger partial charge in [-0.2, -0.15) is 0 Å². The van der Waals surface area contributed by atoms with Crippen LogP contribution in [-0.2, 0) is 6.42 Å². The molecule has 7 heteroatoms. The van der Waals surface area contributed by atoms with Crippen LogP contribution in [0.3, 0.4) is 0 Å². The molecule has 0 saturated carbocycles. The average Bonchev–Trinajstić information content (AvgIpc) is 2.47. The van der Waals surface area contributed by atoms with E-state index in [1.165, 1.54) is 0 Å². The molecule has 3 N–H and O–H groups in total. The molecule has 0 fully saturated rings. The van der Waals surface area contributed by atoms with Gasteiger partial charge in [0.05, 0.1) is 6.54 Å². The van der Waals surface area contributed by atoms with Gasteiger partial charge in [0.15, 0.2) is 5.96 Å². The van der Waals surface area contributed by atoms with Gasteiger partial charge in [0.2, 0.25) is 0 Å². The van der Waals surface area contributed by atoms with Crippen LogP contribution in [0.4, 0.5) is 0 Å². The Morgan fingerprint density at radius 2 is 2.09 bits per heavy atom. The van der Waals surface area contributed by atoms with E-state index in [0.717, 1.165) is 31.0 Å². The van der Waals surface area contributed by atoms with E-state index in [1.807, 2.05) is 26.8 Å². The van der Waals surface area contributed by atoms with Crippen molar-refractivity contribution in [2.45, 2.75) is 27.2 Å². The first kappa shape index (κ1) is 21.4. The van der Waals surface area contributed by atoms with Crippen LogP contribution in [0.2, 0.25) is 5.15 Å². The van der Waals surface area contributed by atoms with Gasteiger partial charge in [0.25, 0.3) is 0 Å². The van der Waals surface area contributed by atoms with E-state index in [9.17, 15) is 5.11 Å². The number of halogens is 2. The molecule has 0 aliphatic carbocycles. The molecular weight excluding hydrogens is 415 g/mol. The second-order valence-electron chi connectivity index (χ2n) is 5.68. The summed E-state index contributed by atoms with van der Waals surface area (Å²) in [6, 6.07) is 3.76. The summed E-state index contributed by atoms with van der Waals surface area (Å²) in [5.74, 6) is 0.765. The Kier molecular flexibility index (Phi) is 10.7. The van der Waals surface area contributed by atoms with Gasteiger partial charge in [-0.15, -0.1) is 24.0 Å². The van der Waals surface area contributed by atoms with Crippen molar-refractivity contribution in [3.63, 3.8) is 0 Å². The number of aliphatic hydroxyl groups excluding tert-OH is 1. The first-order chi connectivity index (χ1) is 9.96. The topological polar surface area (TPSA) is 69.5 Å². The van der Waals surface area contributed by atoms with Crippen LogP contribution in [0, 0.1) is 5.41 Å². The van der Waals surface area contributed by atoms with Crippen molar-refractivity contribution in [3.8, 4) is 0 Å². The number of nitrogens with one attached hydrogen (secondary N) is 2. The number of guanidine groups is 1. The minimum atomic E-state index is -0.206. The molecule has 0 bridgehead atoms. The molecule has 1 aromatic heterocycles. The highest BCUT2D eigenvalue weighted by Gasteiger charge is 2.15. The molecule has 0 atom stereocenters. The summed E-state index contributed by atoms with van der Waals surface area (Å²) in [5.41, 5.74) is 0.918. The molecule has 0 saturated heterocycles. The Bertz CT molecular complexity index is 451. The number of aromatic nitrogens is 1. The van der Waals surface area contributed by atoms with Crippen LogP contribution in [0.15, 0.2) is 23.3 Å². The number of rotatable bonds is 7. The molecule has 0 amide bonds. The van der Waals surface area contributed by atoms with Gasteiger partial charge in [-0.05, 0) is 25.0 Å². The fourth-order valence-corrected chi connectivity index (χ4v) is 1.68. The maximum Gasteiger partial charge on any atom is 0.191 e. The van der Waals surface area contributed by atoms with Crippen LogP contribution in [0.5, 0.6) is 0 Å². The molecule has 1 heterocycles. The third kappa shape index (κ3) is 8.75. The Morgan fingerprint density at radius 1 is 1.36 bits per heavy atom. The molecule has 0 unspecified atom stereocenters. The quantitative estimate of drug-likeness (QED) is 0.264. The highest BCUT2D eigenvalue weighted by Crippen LogP contribution is 2.13. The van der Waals surface area contributed by atoms with Crippen LogP contribution in [0.25, 0.3) is 0 Å². The van der Waals surface area contributed by atoms with E-state index < -0.39 is 0 Å². The van der Waals surface area contributed by atoms with E-state index >= 15 is 0 Å². The SMILES string of the molecule is CCNC(=NCC(C)(C)CO)NCCc1ccc(Cl)nc1.I. The zero-order valence-corrected chi connectivity index (χ0v) is 16.5. The van der Waals surface area contributed by atoms with Crippen molar-refractivity contribution in [2.24, 2.45) is 10.4 Å². The fourth-order valence-electron chi connectivity index (χ4n) is 1.56. The number of hydrogen-bond donors (Lipinski definition) is 3. The number of hydrogen-bond acceptors (Lipinski definition) is 3. The van der Waals surface area contributed by atoms with E-state index in [2.05, 4.69) is 20.6 Å². The van der Waals surface area contributed by atoms with Crippen molar-refractivity contribution in [3.05, 3.63) is 29.0 Å². The monoisotopic (exact) mass is 440 g/mol. The highest BCUT2D eigenvalue weighted by atomic mass is 127. The molecule has 22 heavy (non-hydrogen) atoms. The summed E-state index contributed by atoms with van der Waals surface area (Å²) in [6.07, 6.45) is 2.63. The first-order valence-corrected chi connectivity index (χ1v) is 7.58. The van der Waals surface area contributed by atoms with Crippen LogP contribution in [-0.4, -0.2) is 42.3 Å². The fraction of sp³-hybridized carbons (Fsp3) is 0.600. The molecular formula is C15H26ClIN4O. The summed E-state index contributed by atoms with van der Waals surface area (Å²) < 4.78 is 0. The van der Waals surface area contributed by atoms with Gasteiger partial charge in [-0.25, -0.2) is 4.98 Å². The normalized spacial score (nSPS) is 11.8. The van der Waals surface area contributed by atoms with Gasteiger partial charge in [-0.1, -0.05) is 31.5 Å². The number of aliphatic imine (C=N–C) groups is 1. The van der Waals surface area contributed by atoms with Crippen molar-refractivity contribution >= 4 is 41.5 Å². The maximum absolute atomic E-state index is 9.26. The van der Waals surface area contributed by atoms with Gasteiger partial charge >= 0.3 is 0 Å². The van der Waals surface area contributed by atoms with Crippen LogP contribution < -0.4 is 10.6 Å². The lowest BCUT2D eigenvalue weighted by molar-refractivity contribution is 0.167. The van der Waals surface area contributed by atoms with Crippen molar-refractivity contribution in [1.29, 1.82) is 0 Å². The smallest absolute Gasteiger partial charge is 0.191 e.